The van der Waals surface area contributed by atoms with Crippen LogP contribution in [0.2, 0.25) is 5.22 Å². The monoisotopic (exact) mass is 249 g/mol. The van der Waals surface area contributed by atoms with E-state index in [1.54, 1.807) is 0 Å². The Bertz CT molecular complexity index is 366. The quantitative estimate of drug-likeness (QED) is 0.812. The Balaban J connectivity index is 2.01. The van der Waals surface area contributed by atoms with Gasteiger partial charge in [0.2, 0.25) is 5.22 Å². The second-order valence-corrected chi connectivity index (χ2v) is 4.15. The average molecular weight is 250 g/mol. The Morgan fingerprint density at radius 3 is 2.87 bits per heavy atom. The van der Waals surface area contributed by atoms with Crippen LogP contribution in [0.25, 0.3) is 0 Å². The van der Waals surface area contributed by atoms with Gasteiger partial charge in [0.15, 0.2) is 0 Å². The first-order valence-corrected chi connectivity index (χ1v) is 5.25. The molecule has 6 heteroatoms. The average Bonchev–Trinajstić information content (AvgIpc) is 2.76. The molecule has 0 aromatic carbocycles. The van der Waals surface area contributed by atoms with Crippen molar-refractivity contribution in [2.24, 2.45) is 0 Å². The lowest BCUT2D eigenvalue weighted by atomic mass is 10.2. The summed E-state index contributed by atoms with van der Waals surface area (Å²) in [5.74, 6) is -0.296. The van der Waals surface area contributed by atoms with Crippen LogP contribution in [0.4, 0.5) is 0 Å². The molecule has 2 atom stereocenters. The summed E-state index contributed by atoms with van der Waals surface area (Å²) >= 11 is 11.6. The number of hydrogen-bond acceptors (Lipinski definition) is 3. The van der Waals surface area contributed by atoms with Gasteiger partial charge in [-0.2, -0.15) is 0 Å². The van der Waals surface area contributed by atoms with Gasteiger partial charge in [0.25, 0.3) is 5.91 Å². The lowest BCUT2D eigenvalue weighted by Gasteiger charge is -2.12. The van der Waals surface area contributed by atoms with Crippen molar-refractivity contribution in [1.82, 2.24) is 5.32 Å². The van der Waals surface area contributed by atoms with E-state index >= 15 is 0 Å². The SMILES string of the molecule is O=C(NC1COCC1Cl)c1ccoc1Cl. The Labute approximate surface area is 96.5 Å². The van der Waals surface area contributed by atoms with E-state index in [1.807, 2.05) is 0 Å². The first kappa shape index (κ1) is 10.8. The number of nitrogens with one attached hydrogen (secondary N) is 1. The minimum Gasteiger partial charge on any atom is -0.452 e. The molecule has 1 aliphatic heterocycles. The number of hydrogen-bond donors (Lipinski definition) is 1. The molecule has 2 unspecified atom stereocenters. The van der Waals surface area contributed by atoms with Crippen molar-refractivity contribution in [3.05, 3.63) is 23.1 Å². The molecular weight excluding hydrogens is 241 g/mol. The molecule has 4 nitrogen and oxygen atoms in total. The topological polar surface area (TPSA) is 51.5 Å². The van der Waals surface area contributed by atoms with E-state index < -0.39 is 0 Å². The van der Waals surface area contributed by atoms with Crippen LogP contribution in [0, 0.1) is 0 Å². The van der Waals surface area contributed by atoms with Crippen molar-refractivity contribution in [2.75, 3.05) is 13.2 Å². The number of amides is 1. The molecule has 0 aliphatic carbocycles. The van der Waals surface area contributed by atoms with Crippen LogP contribution in [-0.4, -0.2) is 30.5 Å². The Kier molecular flexibility index (Phi) is 3.19. The van der Waals surface area contributed by atoms with Crippen LogP contribution in [0.3, 0.4) is 0 Å². The van der Waals surface area contributed by atoms with Crippen molar-refractivity contribution < 1.29 is 13.9 Å². The maximum atomic E-state index is 11.7. The summed E-state index contributed by atoms with van der Waals surface area (Å²) in [5.41, 5.74) is 0.312. The number of halogens is 2. The van der Waals surface area contributed by atoms with E-state index in [1.165, 1.54) is 12.3 Å². The maximum absolute atomic E-state index is 11.7. The fourth-order valence-corrected chi connectivity index (χ4v) is 1.79. The van der Waals surface area contributed by atoms with Gasteiger partial charge in [-0.3, -0.25) is 4.79 Å². The number of carbonyl (C=O) groups excluding carboxylic acids is 1. The number of carbonyl (C=O) groups is 1. The van der Waals surface area contributed by atoms with E-state index in [0.29, 0.717) is 18.8 Å². The van der Waals surface area contributed by atoms with E-state index in [2.05, 4.69) is 5.32 Å². The molecule has 1 N–H and O–H groups in total. The molecule has 0 spiro atoms. The molecule has 1 saturated heterocycles. The summed E-state index contributed by atoms with van der Waals surface area (Å²) in [6, 6.07) is 1.33. The van der Waals surface area contributed by atoms with E-state index in [0.717, 1.165) is 0 Å². The van der Waals surface area contributed by atoms with E-state index in [4.69, 9.17) is 32.4 Å². The Morgan fingerprint density at radius 1 is 1.53 bits per heavy atom. The second-order valence-electron chi connectivity index (χ2n) is 3.24. The highest BCUT2D eigenvalue weighted by molar-refractivity contribution is 6.32. The summed E-state index contributed by atoms with van der Waals surface area (Å²) in [7, 11) is 0. The van der Waals surface area contributed by atoms with Crippen molar-refractivity contribution in [1.29, 1.82) is 0 Å². The highest BCUT2D eigenvalue weighted by Gasteiger charge is 2.28. The number of ether oxygens (including phenoxy) is 1. The Morgan fingerprint density at radius 2 is 2.33 bits per heavy atom. The largest absolute Gasteiger partial charge is 0.452 e. The lowest BCUT2D eigenvalue weighted by molar-refractivity contribution is 0.0929. The summed E-state index contributed by atoms with van der Waals surface area (Å²) in [6.07, 6.45) is 1.36. The number of furan rings is 1. The third-order valence-corrected chi connectivity index (χ3v) is 2.91. The molecule has 2 rings (SSSR count). The number of rotatable bonds is 2. The molecule has 1 aliphatic rings. The summed E-state index contributed by atoms with van der Waals surface area (Å²) < 4.78 is 9.93. The van der Waals surface area contributed by atoms with Gasteiger partial charge in [-0.25, -0.2) is 0 Å². The molecule has 1 amide bonds. The normalized spacial score (nSPS) is 25.5. The predicted molar refractivity (Wildman–Crippen MR) is 55.4 cm³/mol. The molecule has 15 heavy (non-hydrogen) atoms. The molecule has 1 aromatic rings. The third-order valence-electron chi connectivity index (χ3n) is 2.19. The van der Waals surface area contributed by atoms with Crippen LogP contribution >= 0.6 is 23.2 Å². The minimum atomic E-state index is -0.296. The molecule has 82 valence electrons. The zero-order chi connectivity index (χ0) is 10.8. The van der Waals surface area contributed by atoms with Crippen LogP contribution in [0.5, 0.6) is 0 Å². The highest BCUT2D eigenvalue weighted by atomic mass is 35.5. The predicted octanol–water partition coefficient (Wildman–Crippen LogP) is 1.67. The fourth-order valence-electron chi connectivity index (χ4n) is 1.36. The Hall–Kier alpha value is -0.710. The first-order valence-electron chi connectivity index (χ1n) is 4.44. The van der Waals surface area contributed by atoms with Crippen molar-refractivity contribution in [2.45, 2.75) is 11.4 Å². The number of alkyl halides is 1. The molecular formula is C9H9Cl2NO3. The van der Waals surface area contributed by atoms with E-state index in [9.17, 15) is 4.79 Å². The zero-order valence-corrected chi connectivity index (χ0v) is 9.22. The van der Waals surface area contributed by atoms with Crippen LogP contribution in [0.1, 0.15) is 10.4 Å². The molecule has 0 bridgehead atoms. The van der Waals surface area contributed by atoms with Gasteiger partial charge in [-0.1, -0.05) is 0 Å². The van der Waals surface area contributed by atoms with Gasteiger partial charge in [-0.15, -0.1) is 11.6 Å². The first-order chi connectivity index (χ1) is 7.18. The van der Waals surface area contributed by atoms with Gasteiger partial charge in [0.05, 0.1) is 36.5 Å². The summed E-state index contributed by atoms with van der Waals surface area (Å²) in [5, 5.41) is 2.62. The molecule has 0 saturated carbocycles. The summed E-state index contributed by atoms with van der Waals surface area (Å²) in [6.45, 7) is 0.876. The zero-order valence-electron chi connectivity index (χ0n) is 7.70. The molecule has 0 radical (unpaired) electrons. The lowest BCUT2D eigenvalue weighted by Crippen LogP contribution is -2.40. The minimum absolute atomic E-state index is 0.0811. The van der Waals surface area contributed by atoms with Gasteiger partial charge in [0, 0.05) is 0 Å². The van der Waals surface area contributed by atoms with Crippen LogP contribution in [0.15, 0.2) is 16.7 Å². The van der Waals surface area contributed by atoms with Gasteiger partial charge in [0.1, 0.15) is 0 Å². The van der Waals surface area contributed by atoms with Gasteiger partial charge >= 0.3 is 0 Å². The van der Waals surface area contributed by atoms with Crippen molar-refractivity contribution >= 4 is 29.1 Å². The third kappa shape index (κ3) is 2.27. The smallest absolute Gasteiger partial charge is 0.256 e. The van der Waals surface area contributed by atoms with Crippen molar-refractivity contribution in [3.8, 4) is 0 Å². The van der Waals surface area contributed by atoms with Gasteiger partial charge in [-0.05, 0) is 17.7 Å². The maximum Gasteiger partial charge on any atom is 0.256 e. The molecule has 2 heterocycles. The van der Waals surface area contributed by atoms with Gasteiger partial charge < -0.3 is 14.5 Å². The van der Waals surface area contributed by atoms with Crippen LogP contribution in [-0.2, 0) is 4.74 Å². The second kappa shape index (κ2) is 4.43. The van der Waals surface area contributed by atoms with E-state index in [-0.39, 0.29) is 22.5 Å². The van der Waals surface area contributed by atoms with Crippen LogP contribution < -0.4 is 5.32 Å². The standard InChI is InChI=1S/C9H9Cl2NO3/c10-6-3-14-4-7(6)12-9(13)5-1-2-15-8(5)11/h1-2,6-7H,3-4H2,(H,12,13). The fraction of sp³-hybridized carbons (Fsp3) is 0.444. The highest BCUT2D eigenvalue weighted by Crippen LogP contribution is 2.18. The molecule has 1 aromatic heterocycles. The molecule has 1 fully saturated rings. The summed E-state index contributed by atoms with van der Waals surface area (Å²) in [4.78, 5) is 11.7. The van der Waals surface area contributed by atoms with Crippen molar-refractivity contribution in [3.63, 3.8) is 0 Å².